The van der Waals surface area contributed by atoms with Gasteiger partial charge in [0.1, 0.15) is 0 Å². The summed E-state index contributed by atoms with van der Waals surface area (Å²) in [4.78, 5) is 10.3. The van der Waals surface area contributed by atoms with Gasteiger partial charge in [0.15, 0.2) is 0 Å². The number of carbonyl (C=O) groups is 1. The van der Waals surface area contributed by atoms with Gasteiger partial charge in [0.25, 0.3) is 0 Å². The molecule has 0 aliphatic heterocycles. The van der Waals surface area contributed by atoms with Crippen LogP contribution in [0.15, 0.2) is 36.4 Å². The molecule has 0 saturated heterocycles. The minimum Gasteiger partial charge on any atom is -0.277 e. The van der Waals surface area contributed by atoms with Crippen LogP contribution >= 0.6 is 12.6 Å². The highest BCUT2D eigenvalue weighted by molar-refractivity contribution is 7.97. The smallest absolute Gasteiger partial charge is 0.242 e. The summed E-state index contributed by atoms with van der Waals surface area (Å²) < 4.78 is 0. The van der Waals surface area contributed by atoms with Crippen LogP contribution in [0, 0.1) is 0 Å². The van der Waals surface area contributed by atoms with Crippen molar-refractivity contribution in [2.75, 3.05) is 0 Å². The monoisotopic (exact) mass is 163 g/mol. The summed E-state index contributed by atoms with van der Waals surface area (Å²) in [7, 11) is 0. The first-order valence-corrected chi connectivity index (χ1v) is 3.64. The molecule has 0 bridgehead atoms. The van der Waals surface area contributed by atoms with Crippen molar-refractivity contribution < 1.29 is 4.79 Å². The second-order valence-corrected chi connectivity index (χ2v) is 2.47. The average molecular weight is 163 g/mol. The van der Waals surface area contributed by atoms with Crippen LogP contribution in [0.1, 0.15) is 5.56 Å². The van der Waals surface area contributed by atoms with E-state index in [1.807, 2.05) is 30.3 Å². The quantitative estimate of drug-likeness (QED) is 0.612. The van der Waals surface area contributed by atoms with Gasteiger partial charge in [-0.15, -0.1) is 0 Å². The highest BCUT2D eigenvalue weighted by Crippen LogP contribution is 2.00. The van der Waals surface area contributed by atoms with Gasteiger partial charge in [-0.25, -0.2) is 0 Å². The zero-order valence-corrected chi connectivity index (χ0v) is 6.67. The predicted molar refractivity (Wildman–Crippen MR) is 48.1 cm³/mol. The largest absolute Gasteiger partial charge is 0.277 e. The topological polar surface area (TPSA) is 17.1 Å². The van der Waals surface area contributed by atoms with Crippen LogP contribution in [0.2, 0.25) is 0 Å². The molecule has 1 rings (SSSR count). The van der Waals surface area contributed by atoms with Crippen LogP contribution in [0.4, 0.5) is 0 Å². The Balaban J connectivity index is 2.72. The summed E-state index contributed by atoms with van der Waals surface area (Å²) in [6.45, 7) is 0. The van der Waals surface area contributed by atoms with Gasteiger partial charge in [-0.2, -0.15) is 0 Å². The maximum atomic E-state index is 10.3. The van der Waals surface area contributed by atoms with Gasteiger partial charge < -0.3 is 0 Å². The lowest BCUT2D eigenvalue weighted by Crippen LogP contribution is -1.75. The Morgan fingerprint density at radius 2 is 1.91 bits per heavy atom. The fraction of sp³-hybridized carbons (Fsp3) is 0. The molecule has 1 aromatic carbocycles. The molecule has 0 fully saturated rings. The third-order valence-corrected chi connectivity index (χ3v) is 1.35. The molecular formula is C9H7OS. The number of hydrogen-bond acceptors (Lipinski definition) is 1. The van der Waals surface area contributed by atoms with E-state index < -0.39 is 0 Å². The van der Waals surface area contributed by atoms with E-state index in [2.05, 4.69) is 12.6 Å². The van der Waals surface area contributed by atoms with E-state index in [4.69, 9.17) is 0 Å². The van der Waals surface area contributed by atoms with Crippen molar-refractivity contribution in [3.05, 3.63) is 42.0 Å². The molecule has 2 heteroatoms. The van der Waals surface area contributed by atoms with E-state index in [9.17, 15) is 4.79 Å². The summed E-state index contributed by atoms with van der Waals surface area (Å²) in [5, 5.41) is -0.339. The van der Waals surface area contributed by atoms with Gasteiger partial charge in [-0.1, -0.05) is 36.4 Å². The molecule has 0 heterocycles. The lowest BCUT2D eigenvalue weighted by Gasteiger charge is -1.87. The van der Waals surface area contributed by atoms with Gasteiger partial charge >= 0.3 is 0 Å². The molecule has 1 nitrogen and oxygen atoms in total. The van der Waals surface area contributed by atoms with Crippen LogP contribution in [0.25, 0.3) is 6.08 Å². The van der Waals surface area contributed by atoms with E-state index in [1.165, 1.54) is 6.08 Å². The molecule has 0 aliphatic carbocycles. The van der Waals surface area contributed by atoms with Crippen LogP contribution in [-0.4, -0.2) is 5.12 Å². The summed E-state index contributed by atoms with van der Waals surface area (Å²) in [5.41, 5.74) is 0.991. The van der Waals surface area contributed by atoms with Crippen LogP contribution in [0.3, 0.4) is 0 Å². The first-order valence-electron chi connectivity index (χ1n) is 3.23. The Hall–Kier alpha value is -1.15. The fourth-order valence-corrected chi connectivity index (χ4v) is 0.796. The highest BCUT2D eigenvalue weighted by atomic mass is 32.1. The first kappa shape index (κ1) is 7.95. The SMILES string of the molecule is O=C([S])/C=C/c1ccccc1. The molecule has 1 radical (unpaired) electrons. The van der Waals surface area contributed by atoms with Gasteiger partial charge in [-0.3, -0.25) is 4.79 Å². The van der Waals surface area contributed by atoms with E-state index in [0.717, 1.165) is 5.56 Å². The minimum atomic E-state index is -0.339. The Bertz CT molecular complexity index is 264. The second kappa shape index (κ2) is 3.88. The molecule has 0 saturated carbocycles. The van der Waals surface area contributed by atoms with Crippen molar-refractivity contribution in [3.63, 3.8) is 0 Å². The Kier molecular flexibility index (Phi) is 2.81. The molecule has 0 atom stereocenters. The molecule has 0 aliphatic rings. The Morgan fingerprint density at radius 1 is 1.27 bits per heavy atom. The maximum Gasteiger partial charge on any atom is 0.242 e. The Morgan fingerprint density at radius 3 is 2.45 bits per heavy atom. The summed E-state index contributed by atoms with van der Waals surface area (Å²) >= 11 is 4.35. The van der Waals surface area contributed by atoms with Crippen LogP contribution < -0.4 is 0 Å². The summed E-state index contributed by atoms with van der Waals surface area (Å²) in [6.07, 6.45) is 3.08. The predicted octanol–water partition coefficient (Wildman–Crippen LogP) is 2.42. The third kappa shape index (κ3) is 2.96. The van der Waals surface area contributed by atoms with E-state index in [0.29, 0.717) is 0 Å². The van der Waals surface area contributed by atoms with E-state index in [-0.39, 0.29) is 5.12 Å². The fourth-order valence-electron chi connectivity index (χ4n) is 0.728. The van der Waals surface area contributed by atoms with Gasteiger partial charge in [0.05, 0.1) is 0 Å². The highest BCUT2D eigenvalue weighted by Gasteiger charge is 1.85. The van der Waals surface area contributed by atoms with Crippen molar-refractivity contribution in [2.45, 2.75) is 0 Å². The zero-order chi connectivity index (χ0) is 8.10. The molecule has 11 heavy (non-hydrogen) atoms. The van der Waals surface area contributed by atoms with Crippen molar-refractivity contribution >= 4 is 23.8 Å². The lowest BCUT2D eigenvalue weighted by molar-refractivity contribution is -0.106. The van der Waals surface area contributed by atoms with Crippen molar-refractivity contribution in [1.29, 1.82) is 0 Å². The number of rotatable bonds is 2. The van der Waals surface area contributed by atoms with Crippen molar-refractivity contribution in [3.8, 4) is 0 Å². The normalized spacial score (nSPS) is 10.2. The maximum absolute atomic E-state index is 10.3. The van der Waals surface area contributed by atoms with Crippen molar-refractivity contribution in [1.82, 2.24) is 0 Å². The zero-order valence-electron chi connectivity index (χ0n) is 5.86. The minimum absolute atomic E-state index is 0.339. The molecule has 1 aromatic rings. The molecule has 0 aromatic heterocycles. The molecule has 55 valence electrons. The third-order valence-electron chi connectivity index (χ3n) is 1.21. The standard InChI is InChI=1S/C9H7OS/c10-9(11)7-6-8-4-2-1-3-5-8/h1-7H/b7-6+. The summed E-state index contributed by atoms with van der Waals surface area (Å²) in [6, 6.07) is 9.57. The lowest BCUT2D eigenvalue weighted by atomic mass is 10.2. The summed E-state index contributed by atoms with van der Waals surface area (Å²) in [5.74, 6) is 0. The van der Waals surface area contributed by atoms with Gasteiger partial charge in [0.2, 0.25) is 5.12 Å². The second-order valence-electron chi connectivity index (χ2n) is 2.06. The van der Waals surface area contributed by atoms with Gasteiger partial charge in [-0.05, 0) is 24.3 Å². The number of hydrogen-bond donors (Lipinski definition) is 0. The molecule has 0 unspecified atom stereocenters. The first-order chi connectivity index (χ1) is 5.29. The van der Waals surface area contributed by atoms with E-state index in [1.54, 1.807) is 6.08 Å². The molecule has 0 amide bonds. The molecular weight excluding hydrogens is 156 g/mol. The number of benzene rings is 1. The van der Waals surface area contributed by atoms with Crippen LogP contribution in [0.5, 0.6) is 0 Å². The molecule has 0 spiro atoms. The van der Waals surface area contributed by atoms with Gasteiger partial charge in [0, 0.05) is 0 Å². The van der Waals surface area contributed by atoms with Crippen LogP contribution in [-0.2, 0) is 4.79 Å². The average Bonchev–Trinajstić information content (AvgIpc) is 2.03. The molecule has 0 N–H and O–H groups in total. The number of carbonyl (C=O) groups excluding carboxylic acids is 1. The van der Waals surface area contributed by atoms with E-state index >= 15 is 0 Å². The van der Waals surface area contributed by atoms with Crippen molar-refractivity contribution in [2.24, 2.45) is 0 Å². The Labute approximate surface area is 71.2 Å².